The lowest BCUT2D eigenvalue weighted by Crippen LogP contribution is -2.35. The molecule has 0 aliphatic carbocycles. The average Bonchev–Trinajstić information content (AvgIpc) is 3.70. The minimum absolute atomic E-state index is 0.00136. The molecule has 0 N–H and O–H groups in total. The highest BCUT2D eigenvalue weighted by molar-refractivity contribution is 7.92. The highest BCUT2D eigenvalue weighted by atomic mass is 32.2. The zero-order valence-electron chi connectivity index (χ0n) is 23.8. The fraction of sp³-hybridized carbons (Fsp3) is 0.379. The van der Waals surface area contributed by atoms with Crippen molar-refractivity contribution in [2.45, 2.75) is 51.2 Å². The van der Waals surface area contributed by atoms with Crippen molar-refractivity contribution in [3.63, 3.8) is 0 Å². The molecule has 1 aliphatic heterocycles. The highest BCUT2D eigenvalue weighted by Gasteiger charge is 2.32. The van der Waals surface area contributed by atoms with Crippen LogP contribution in [0.1, 0.15) is 34.9 Å². The summed E-state index contributed by atoms with van der Waals surface area (Å²) >= 11 is 1.28. The Balaban J connectivity index is 1.37. The minimum atomic E-state index is -4.27. The average molecular weight is 600 g/mol. The fourth-order valence-corrected chi connectivity index (χ4v) is 7.40. The van der Waals surface area contributed by atoms with E-state index in [-0.39, 0.29) is 23.3 Å². The van der Waals surface area contributed by atoms with Crippen LogP contribution in [0.2, 0.25) is 0 Å². The van der Waals surface area contributed by atoms with E-state index in [1.807, 2.05) is 32.7 Å². The maximum atomic E-state index is 15.7. The monoisotopic (exact) mass is 599 g/mol. The Labute approximate surface area is 244 Å². The number of thiazole rings is 1. The van der Waals surface area contributed by atoms with Gasteiger partial charge in [-0.3, -0.25) is 4.90 Å². The normalized spacial score (nSPS) is 15.8. The van der Waals surface area contributed by atoms with E-state index >= 15 is 4.39 Å². The van der Waals surface area contributed by atoms with Crippen molar-refractivity contribution in [3.05, 3.63) is 81.6 Å². The Morgan fingerprint density at radius 2 is 1.95 bits per heavy atom. The molecule has 0 amide bonds. The van der Waals surface area contributed by atoms with Crippen molar-refractivity contribution >= 4 is 32.9 Å². The maximum Gasteiger partial charge on any atom is 0.268 e. The van der Waals surface area contributed by atoms with E-state index in [0.29, 0.717) is 29.4 Å². The van der Waals surface area contributed by atoms with Crippen LogP contribution in [0.25, 0.3) is 0 Å². The van der Waals surface area contributed by atoms with E-state index in [0.717, 1.165) is 40.8 Å². The summed E-state index contributed by atoms with van der Waals surface area (Å²) < 4.78 is 55.5. The number of anilines is 2. The number of aromatic nitrogens is 2. The maximum absolute atomic E-state index is 15.7. The van der Waals surface area contributed by atoms with Crippen molar-refractivity contribution in [3.8, 4) is 5.75 Å². The minimum Gasteiger partial charge on any atom is -0.497 e. The summed E-state index contributed by atoms with van der Waals surface area (Å²) in [6.07, 6.45) is 0.896. The Kier molecular flexibility index (Phi) is 8.35. The van der Waals surface area contributed by atoms with Gasteiger partial charge in [0.2, 0.25) is 0 Å². The molecule has 9 nitrogen and oxygen atoms in total. The summed E-state index contributed by atoms with van der Waals surface area (Å²) in [7, 11) is -0.772. The van der Waals surface area contributed by atoms with E-state index in [2.05, 4.69) is 14.9 Å². The van der Waals surface area contributed by atoms with Gasteiger partial charge in [0.25, 0.3) is 10.0 Å². The molecule has 41 heavy (non-hydrogen) atoms. The number of benzene rings is 2. The number of rotatable bonds is 10. The summed E-state index contributed by atoms with van der Waals surface area (Å²) in [5.41, 5.74) is 4.55. The molecule has 218 valence electrons. The highest BCUT2D eigenvalue weighted by Crippen LogP contribution is 2.33. The lowest BCUT2D eigenvalue weighted by atomic mass is 10.1. The number of halogens is 1. The molecule has 1 fully saturated rings. The lowest BCUT2D eigenvalue weighted by Gasteiger charge is -2.29. The number of likely N-dealkylation sites (tertiary alicyclic amines) is 1. The van der Waals surface area contributed by atoms with Crippen molar-refractivity contribution in [1.82, 2.24) is 14.9 Å². The van der Waals surface area contributed by atoms with Crippen LogP contribution in [0.5, 0.6) is 5.75 Å². The van der Waals surface area contributed by atoms with Crippen LogP contribution >= 0.6 is 11.3 Å². The summed E-state index contributed by atoms with van der Waals surface area (Å²) in [5, 5.41) is 1.64. The summed E-state index contributed by atoms with van der Waals surface area (Å²) in [6.45, 7) is 7.92. The first-order valence-electron chi connectivity index (χ1n) is 13.3. The number of aryl methyl sites for hydroxylation is 3. The van der Waals surface area contributed by atoms with Crippen LogP contribution in [0.15, 0.2) is 56.6 Å². The van der Waals surface area contributed by atoms with E-state index in [1.54, 1.807) is 42.3 Å². The molecule has 2 aromatic heterocycles. The molecule has 1 atom stereocenters. The van der Waals surface area contributed by atoms with Crippen LogP contribution in [-0.4, -0.2) is 56.6 Å². The Morgan fingerprint density at radius 3 is 2.59 bits per heavy atom. The van der Waals surface area contributed by atoms with Crippen LogP contribution < -0.4 is 13.9 Å². The van der Waals surface area contributed by atoms with Gasteiger partial charge in [0.1, 0.15) is 22.2 Å². The van der Waals surface area contributed by atoms with Crippen LogP contribution in [0.4, 0.5) is 15.9 Å². The number of likely N-dealkylation sites (N-methyl/N-ethyl adjacent to an activating group) is 1. The third-order valence-corrected chi connectivity index (χ3v) is 9.87. The van der Waals surface area contributed by atoms with Gasteiger partial charge in [-0.15, -0.1) is 11.3 Å². The molecule has 0 saturated carbocycles. The van der Waals surface area contributed by atoms with Crippen LogP contribution in [0, 0.1) is 26.6 Å². The van der Waals surface area contributed by atoms with Gasteiger partial charge in [0.05, 0.1) is 24.9 Å². The summed E-state index contributed by atoms with van der Waals surface area (Å²) in [6, 6.07) is 9.99. The first-order chi connectivity index (χ1) is 19.6. The zero-order chi connectivity index (χ0) is 29.3. The van der Waals surface area contributed by atoms with E-state index < -0.39 is 15.8 Å². The number of sulfonamides is 1. The topological polar surface area (TPSA) is 92.0 Å². The van der Waals surface area contributed by atoms with Crippen molar-refractivity contribution in [1.29, 1.82) is 0 Å². The van der Waals surface area contributed by atoms with Crippen molar-refractivity contribution in [2.75, 3.05) is 36.5 Å². The van der Waals surface area contributed by atoms with Gasteiger partial charge in [-0.25, -0.2) is 27.1 Å². The quantitative estimate of drug-likeness (QED) is 0.242. The standard InChI is InChI=1S/C29H34FN5O4S2/c1-19-12-28(41(36,37)35(29-17-40-18-31-29)14-22-6-8-24(38-5)9-7-22)25(30)13-27(19)33(4)23-10-11-34(15-23)16-26-20(2)39-21(3)32-26/h6-9,12-13,17-18,23H,10-11,14-16H2,1-5H3. The predicted molar refractivity (Wildman–Crippen MR) is 158 cm³/mol. The Bertz CT molecular complexity index is 1610. The molecule has 5 rings (SSSR count). The molecule has 0 spiro atoms. The van der Waals surface area contributed by atoms with E-state index in [4.69, 9.17) is 9.15 Å². The second kappa shape index (κ2) is 11.8. The molecule has 1 unspecified atom stereocenters. The van der Waals surface area contributed by atoms with Gasteiger partial charge < -0.3 is 14.1 Å². The number of methoxy groups -OCH3 is 1. The van der Waals surface area contributed by atoms with E-state index in [9.17, 15) is 8.42 Å². The molecule has 0 radical (unpaired) electrons. The smallest absolute Gasteiger partial charge is 0.268 e. The number of ether oxygens (including phenoxy) is 1. The van der Waals surface area contributed by atoms with Crippen LogP contribution in [-0.2, 0) is 23.1 Å². The molecule has 3 heterocycles. The van der Waals surface area contributed by atoms with Crippen molar-refractivity contribution < 1.29 is 22.0 Å². The number of nitrogens with zero attached hydrogens (tertiary/aromatic N) is 5. The second-order valence-corrected chi connectivity index (χ2v) is 12.8. The molecule has 2 aromatic carbocycles. The first kappa shape index (κ1) is 29.0. The number of hydrogen-bond acceptors (Lipinski definition) is 9. The molecular weight excluding hydrogens is 565 g/mol. The molecule has 0 bridgehead atoms. The van der Waals surface area contributed by atoms with E-state index in [1.165, 1.54) is 23.5 Å². The molecule has 12 heteroatoms. The van der Waals surface area contributed by atoms with Gasteiger partial charge in [0.15, 0.2) is 11.7 Å². The third kappa shape index (κ3) is 6.09. The van der Waals surface area contributed by atoms with Gasteiger partial charge >= 0.3 is 0 Å². The summed E-state index contributed by atoms with van der Waals surface area (Å²) in [5.74, 6) is 1.59. The Morgan fingerprint density at radius 1 is 1.20 bits per heavy atom. The largest absolute Gasteiger partial charge is 0.497 e. The fourth-order valence-electron chi connectivity index (χ4n) is 5.26. The molecule has 4 aromatic rings. The molecule has 1 saturated heterocycles. The van der Waals surface area contributed by atoms with Gasteiger partial charge in [0, 0.05) is 50.7 Å². The molecule has 1 aliphatic rings. The second-order valence-electron chi connectivity index (χ2n) is 10.3. The number of oxazole rings is 1. The molecular formula is C29H34FN5O4S2. The van der Waals surface area contributed by atoms with Gasteiger partial charge in [-0.2, -0.15) is 0 Å². The Hall–Kier alpha value is -3.48. The third-order valence-electron chi connectivity index (χ3n) is 7.53. The van der Waals surface area contributed by atoms with Gasteiger partial charge in [-0.1, -0.05) is 12.1 Å². The number of hydrogen-bond donors (Lipinski definition) is 0. The van der Waals surface area contributed by atoms with Gasteiger partial charge in [-0.05, 0) is 55.7 Å². The summed E-state index contributed by atoms with van der Waals surface area (Å²) in [4.78, 5) is 12.7. The van der Waals surface area contributed by atoms with Crippen molar-refractivity contribution in [2.24, 2.45) is 0 Å². The predicted octanol–water partition coefficient (Wildman–Crippen LogP) is 5.31. The zero-order valence-corrected chi connectivity index (χ0v) is 25.4. The van der Waals surface area contributed by atoms with Crippen LogP contribution in [0.3, 0.4) is 0 Å². The lowest BCUT2D eigenvalue weighted by molar-refractivity contribution is 0.320. The SMILES string of the molecule is COc1ccc(CN(c2cscn2)S(=O)(=O)c2cc(C)c(N(C)C3CCN(Cc4nc(C)oc4C)C3)cc2F)cc1. The first-order valence-corrected chi connectivity index (χ1v) is 15.7.